The van der Waals surface area contributed by atoms with Crippen LogP contribution in [0.25, 0.3) is 0 Å². The third kappa shape index (κ3) is 1.86. The summed E-state index contributed by atoms with van der Waals surface area (Å²) in [6, 6.07) is 4.43. The molecule has 0 aromatic heterocycles. The fraction of sp³-hybridized carbons (Fsp3) is 0.538. The third-order valence-electron chi connectivity index (χ3n) is 3.36. The van der Waals surface area contributed by atoms with Crippen LogP contribution in [0.2, 0.25) is 0 Å². The van der Waals surface area contributed by atoms with Crippen LogP contribution in [-0.2, 0) is 0 Å². The Balaban J connectivity index is 2.28. The summed E-state index contributed by atoms with van der Waals surface area (Å²) < 4.78 is 0. The lowest BCUT2D eigenvalue weighted by Crippen LogP contribution is -2.06. The summed E-state index contributed by atoms with van der Waals surface area (Å²) in [5.74, 6) is 0.670. The average molecular weight is 204 g/mol. The number of hydrogen-bond donors (Lipinski definition) is 2. The second kappa shape index (κ2) is 4.23. The van der Waals surface area contributed by atoms with E-state index in [1.807, 2.05) is 0 Å². The molecule has 0 spiro atoms. The molecule has 2 rings (SSSR count). The number of fused-ring (bicyclic) bond motifs is 1. The molecule has 0 bridgehead atoms. The van der Waals surface area contributed by atoms with E-state index in [0.717, 1.165) is 19.5 Å². The second-order valence-electron chi connectivity index (χ2n) is 4.50. The number of nitrogens with two attached hydrogens (primary N) is 1. The van der Waals surface area contributed by atoms with Gasteiger partial charge in [0.2, 0.25) is 0 Å². The van der Waals surface area contributed by atoms with Gasteiger partial charge in [-0.2, -0.15) is 0 Å². The van der Waals surface area contributed by atoms with E-state index in [4.69, 9.17) is 5.73 Å². The first-order valence-electron chi connectivity index (χ1n) is 5.78. The van der Waals surface area contributed by atoms with Crippen molar-refractivity contribution in [1.82, 2.24) is 0 Å². The Kier molecular flexibility index (Phi) is 2.96. The number of aryl methyl sites for hydroxylation is 2. The largest absolute Gasteiger partial charge is 0.384 e. The van der Waals surface area contributed by atoms with Crippen LogP contribution in [0.4, 0.5) is 5.69 Å². The highest BCUT2D eigenvalue weighted by molar-refractivity contribution is 5.65. The zero-order valence-electron chi connectivity index (χ0n) is 9.64. The Morgan fingerprint density at radius 1 is 1.33 bits per heavy atom. The molecular formula is C13H20N2. The maximum Gasteiger partial charge on any atom is 0.0408 e. The van der Waals surface area contributed by atoms with Gasteiger partial charge in [-0.1, -0.05) is 12.1 Å². The highest BCUT2D eigenvalue weighted by Crippen LogP contribution is 2.38. The minimum atomic E-state index is 0.670. The minimum Gasteiger partial charge on any atom is -0.384 e. The van der Waals surface area contributed by atoms with Crippen LogP contribution in [0.15, 0.2) is 12.1 Å². The molecular weight excluding hydrogens is 184 g/mol. The molecule has 82 valence electrons. The SMILES string of the molecule is Cc1ccc(C)c2c1NCC2CCCN. The predicted molar refractivity (Wildman–Crippen MR) is 65.4 cm³/mol. The van der Waals surface area contributed by atoms with E-state index in [0.29, 0.717) is 5.92 Å². The molecule has 0 aliphatic carbocycles. The van der Waals surface area contributed by atoms with Crippen molar-refractivity contribution in [1.29, 1.82) is 0 Å². The van der Waals surface area contributed by atoms with E-state index in [2.05, 4.69) is 31.3 Å². The molecule has 1 aliphatic rings. The molecule has 1 heterocycles. The van der Waals surface area contributed by atoms with E-state index in [-0.39, 0.29) is 0 Å². The lowest BCUT2D eigenvalue weighted by Gasteiger charge is -2.12. The summed E-state index contributed by atoms with van der Waals surface area (Å²) in [6.07, 6.45) is 2.33. The van der Waals surface area contributed by atoms with Crippen molar-refractivity contribution in [2.75, 3.05) is 18.4 Å². The number of anilines is 1. The van der Waals surface area contributed by atoms with Crippen LogP contribution < -0.4 is 11.1 Å². The first-order chi connectivity index (χ1) is 7.24. The van der Waals surface area contributed by atoms with Crippen LogP contribution in [0.3, 0.4) is 0 Å². The molecule has 0 saturated heterocycles. The predicted octanol–water partition coefficient (Wildman–Crippen LogP) is 2.55. The van der Waals surface area contributed by atoms with Gasteiger partial charge in [0.1, 0.15) is 0 Å². The Morgan fingerprint density at radius 2 is 2.07 bits per heavy atom. The second-order valence-corrected chi connectivity index (χ2v) is 4.50. The van der Waals surface area contributed by atoms with E-state index in [1.54, 1.807) is 0 Å². The Morgan fingerprint density at radius 3 is 2.80 bits per heavy atom. The molecule has 1 aliphatic heterocycles. The van der Waals surface area contributed by atoms with Gasteiger partial charge in [0.05, 0.1) is 0 Å². The molecule has 1 aromatic carbocycles. The normalized spacial score (nSPS) is 18.7. The van der Waals surface area contributed by atoms with Gasteiger partial charge in [0, 0.05) is 18.2 Å². The summed E-state index contributed by atoms with van der Waals surface area (Å²) >= 11 is 0. The summed E-state index contributed by atoms with van der Waals surface area (Å²) in [5.41, 5.74) is 11.3. The number of nitrogens with one attached hydrogen (secondary N) is 1. The van der Waals surface area contributed by atoms with Crippen LogP contribution in [0.1, 0.15) is 35.4 Å². The standard InChI is InChI=1S/C13H20N2/c1-9-5-6-10(2)13-12(9)11(8-15-13)4-3-7-14/h5-6,11,15H,3-4,7-8,14H2,1-2H3. The van der Waals surface area contributed by atoms with Crippen molar-refractivity contribution in [3.05, 3.63) is 28.8 Å². The molecule has 0 saturated carbocycles. The van der Waals surface area contributed by atoms with Crippen molar-refractivity contribution in [2.45, 2.75) is 32.6 Å². The Bertz CT molecular complexity index is 358. The van der Waals surface area contributed by atoms with Gasteiger partial charge in [-0.05, 0) is 49.9 Å². The molecule has 1 aromatic rings. The van der Waals surface area contributed by atoms with E-state index in [9.17, 15) is 0 Å². The smallest absolute Gasteiger partial charge is 0.0408 e. The van der Waals surface area contributed by atoms with Gasteiger partial charge in [-0.15, -0.1) is 0 Å². The Hall–Kier alpha value is -1.02. The Labute approximate surface area is 91.9 Å². The zero-order valence-corrected chi connectivity index (χ0v) is 9.64. The number of rotatable bonds is 3. The van der Waals surface area contributed by atoms with Gasteiger partial charge in [0.25, 0.3) is 0 Å². The number of hydrogen-bond acceptors (Lipinski definition) is 2. The van der Waals surface area contributed by atoms with Crippen molar-refractivity contribution in [3.63, 3.8) is 0 Å². The minimum absolute atomic E-state index is 0.670. The third-order valence-corrected chi connectivity index (χ3v) is 3.36. The van der Waals surface area contributed by atoms with E-state index in [1.165, 1.54) is 28.8 Å². The first-order valence-corrected chi connectivity index (χ1v) is 5.78. The van der Waals surface area contributed by atoms with Crippen LogP contribution >= 0.6 is 0 Å². The molecule has 3 N–H and O–H groups in total. The number of benzene rings is 1. The molecule has 0 amide bonds. The first kappa shape index (κ1) is 10.5. The molecule has 2 heteroatoms. The quantitative estimate of drug-likeness (QED) is 0.794. The van der Waals surface area contributed by atoms with Gasteiger partial charge in [0.15, 0.2) is 0 Å². The highest BCUT2D eigenvalue weighted by Gasteiger charge is 2.24. The van der Waals surface area contributed by atoms with Crippen molar-refractivity contribution < 1.29 is 0 Å². The lowest BCUT2D eigenvalue weighted by atomic mass is 9.91. The highest BCUT2D eigenvalue weighted by atomic mass is 14.9. The van der Waals surface area contributed by atoms with Gasteiger partial charge in [-0.3, -0.25) is 0 Å². The maximum absolute atomic E-state index is 5.57. The van der Waals surface area contributed by atoms with Crippen molar-refractivity contribution in [3.8, 4) is 0 Å². The monoisotopic (exact) mass is 204 g/mol. The fourth-order valence-electron chi connectivity index (χ4n) is 2.53. The molecule has 0 fully saturated rings. The summed E-state index contributed by atoms with van der Waals surface area (Å²) in [5, 5.41) is 3.53. The molecule has 1 atom stereocenters. The fourth-order valence-corrected chi connectivity index (χ4v) is 2.53. The molecule has 1 unspecified atom stereocenters. The average Bonchev–Trinajstić information content (AvgIpc) is 2.65. The van der Waals surface area contributed by atoms with Gasteiger partial charge >= 0.3 is 0 Å². The van der Waals surface area contributed by atoms with Crippen molar-refractivity contribution >= 4 is 5.69 Å². The summed E-state index contributed by atoms with van der Waals surface area (Å²) in [6.45, 7) is 6.27. The topological polar surface area (TPSA) is 38.0 Å². The lowest BCUT2D eigenvalue weighted by molar-refractivity contribution is 0.635. The summed E-state index contributed by atoms with van der Waals surface area (Å²) in [7, 11) is 0. The molecule has 2 nitrogen and oxygen atoms in total. The maximum atomic E-state index is 5.57. The van der Waals surface area contributed by atoms with Gasteiger partial charge < -0.3 is 11.1 Å². The molecule has 0 radical (unpaired) electrons. The van der Waals surface area contributed by atoms with Crippen molar-refractivity contribution in [2.24, 2.45) is 5.73 Å². The zero-order chi connectivity index (χ0) is 10.8. The van der Waals surface area contributed by atoms with Gasteiger partial charge in [-0.25, -0.2) is 0 Å². The van der Waals surface area contributed by atoms with Crippen LogP contribution in [0, 0.1) is 13.8 Å². The summed E-state index contributed by atoms with van der Waals surface area (Å²) in [4.78, 5) is 0. The van der Waals surface area contributed by atoms with Crippen LogP contribution in [0.5, 0.6) is 0 Å². The molecule has 15 heavy (non-hydrogen) atoms. The van der Waals surface area contributed by atoms with Crippen LogP contribution in [-0.4, -0.2) is 13.1 Å². The van der Waals surface area contributed by atoms with E-state index < -0.39 is 0 Å². The van der Waals surface area contributed by atoms with E-state index >= 15 is 0 Å².